The van der Waals surface area contributed by atoms with E-state index in [1.165, 1.54) is 11.2 Å². The molecule has 1 fully saturated rings. The number of aromatic nitrogens is 2. The highest BCUT2D eigenvalue weighted by molar-refractivity contribution is 5.86. The van der Waals surface area contributed by atoms with E-state index in [-0.39, 0.29) is 31.5 Å². The number of aromatic amines is 1. The van der Waals surface area contributed by atoms with Gasteiger partial charge < -0.3 is 25.5 Å². The van der Waals surface area contributed by atoms with Crippen LogP contribution in [0.5, 0.6) is 0 Å². The predicted octanol–water partition coefficient (Wildman–Crippen LogP) is -1.28. The Bertz CT molecular complexity index is 543. The summed E-state index contributed by atoms with van der Waals surface area (Å²) in [6, 6.07) is -1.27. The molecule has 2 aliphatic heterocycles. The van der Waals surface area contributed by atoms with E-state index in [9.17, 15) is 14.7 Å². The zero-order valence-electron chi connectivity index (χ0n) is 10.8. The predicted molar refractivity (Wildman–Crippen MR) is 66.5 cm³/mol. The molecule has 3 heterocycles. The Kier molecular flexibility index (Phi) is 3.19. The normalized spacial score (nSPS) is 29.2. The highest BCUT2D eigenvalue weighted by Gasteiger charge is 2.41. The number of nitrogens with two attached hydrogens (primary N) is 1. The fraction of sp³-hybridized carbons (Fsp3) is 0.583. The molecule has 1 amide bonds. The molecule has 0 aromatic carbocycles. The van der Waals surface area contributed by atoms with E-state index in [1.54, 1.807) is 0 Å². The summed E-state index contributed by atoms with van der Waals surface area (Å²) in [5.74, 6) is -1.76. The van der Waals surface area contributed by atoms with Crippen molar-refractivity contribution in [3.05, 3.63) is 17.7 Å². The minimum Gasteiger partial charge on any atom is -0.480 e. The Morgan fingerprint density at radius 3 is 2.95 bits per heavy atom. The summed E-state index contributed by atoms with van der Waals surface area (Å²) in [4.78, 5) is 32.3. The third kappa shape index (κ3) is 2.06. The van der Waals surface area contributed by atoms with Gasteiger partial charge in [0.05, 0.1) is 43.4 Å². The third-order valence-corrected chi connectivity index (χ3v) is 3.91. The number of amides is 1. The molecule has 1 saturated heterocycles. The average Bonchev–Trinajstić information content (AvgIpc) is 3.04. The molecule has 8 nitrogen and oxygen atoms in total. The van der Waals surface area contributed by atoms with Crippen molar-refractivity contribution >= 4 is 11.9 Å². The van der Waals surface area contributed by atoms with Crippen molar-refractivity contribution in [1.82, 2.24) is 14.9 Å². The van der Waals surface area contributed by atoms with Crippen molar-refractivity contribution in [2.45, 2.75) is 25.0 Å². The first-order valence-electron chi connectivity index (χ1n) is 6.45. The topological polar surface area (TPSA) is 122 Å². The molecular formula is C12H16N4O4. The maximum atomic E-state index is 12.5. The standard InChI is InChI=1S/C12H16N4O4/c13-7-4-20-3-6(7)11(17)16-2-9-8(14-5-15-9)1-10(16)12(18)19/h5-7,10H,1-4,13H2,(H,14,15)(H,18,19). The molecule has 2 aliphatic rings. The Morgan fingerprint density at radius 2 is 2.30 bits per heavy atom. The molecule has 0 radical (unpaired) electrons. The fourth-order valence-electron chi connectivity index (χ4n) is 2.73. The minimum absolute atomic E-state index is 0.211. The van der Waals surface area contributed by atoms with Crippen molar-refractivity contribution in [2.75, 3.05) is 13.2 Å². The Hall–Kier alpha value is -1.93. The summed E-state index contributed by atoms with van der Waals surface area (Å²) in [7, 11) is 0. The number of nitrogens with one attached hydrogen (secondary N) is 1. The quantitative estimate of drug-likeness (QED) is 0.620. The van der Waals surface area contributed by atoms with Gasteiger partial charge >= 0.3 is 5.97 Å². The first-order chi connectivity index (χ1) is 9.58. The summed E-state index contributed by atoms with van der Waals surface area (Å²) < 4.78 is 5.19. The van der Waals surface area contributed by atoms with Crippen LogP contribution in [0.2, 0.25) is 0 Å². The summed E-state index contributed by atoms with van der Waals surface area (Å²) in [6.07, 6.45) is 1.73. The molecule has 0 bridgehead atoms. The van der Waals surface area contributed by atoms with Gasteiger partial charge in [-0.2, -0.15) is 0 Å². The number of fused-ring (bicyclic) bond motifs is 1. The van der Waals surface area contributed by atoms with Gasteiger partial charge in [0, 0.05) is 12.5 Å². The number of aliphatic carboxylic acids is 1. The van der Waals surface area contributed by atoms with E-state index >= 15 is 0 Å². The van der Waals surface area contributed by atoms with Crippen molar-refractivity contribution in [3.8, 4) is 0 Å². The van der Waals surface area contributed by atoms with Crippen LogP contribution in [0, 0.1) is 5.92 Å². The lowest BCUT2D eigenvalue weighted by Gasteiger charge is -2.34. The van der Waals surface area contributed by atoms with Gasteiger partial charge in [0.2, 0.25) is 5.91 Å². The summed E-state index contributed by atoms with van der Waals surface area (Å²) in [5, 5.41) is 9.33. The highest BCUT2D eigenvalue weighted by atomic mass is 16.5. The number of carbonyl (C=O) groups excluding carboxylic acids is 1. The van der Waals surface area contributed by atoms with Gasteiger partial charge in [-0.3, -0.25) is 4.79 Å². The summed E-state index contributed by atoms with van der Waals surface area (Å²) in [6.45, 7) is 0.796. The van der Waals surface area contributed by atoms with Crippen LogP contribution in [0.1, 0.15) is 11.4 Å². The molecule has 3 unspecified atom stereocenters. The maximum Gasteiger partial charge on any atom is 0.326 e. The van der Waals surface area contributed by atoms with Crippen LogP contribution in [-0.4, -0.2) is 57.1 Å². The Morgan fingerprint density at radius 1 is 1.50 bits per heavy atom. The van der Waals surface area contributed by atoms with E-state index in [2.05, 4.69) is 9.97 Å². The number of hydrogen-bond acceptors (Lipinski definition) is 5. The second-order valence-corrected chi connectivity index (χ2v) is 5.16. The zero-order valence-corrected chi connectivity index (χ0v) is 10.8. The smallest absolute Gasteiger partial charge is 0.326 e. The van der Waals surface area contributed by atoms with Crippen LogP contribution in [-0.2, 0) is 27.3 Å². The molecule has 0 spiro atoms. The van der Waals surface area contributed by atoms with Gasteiger partial charge in [0.1, 0.15) is 6.04 Å². The SMILES string of the molecule is NC1COCC1C(=O)N1Cc2[nH]cnc2CC1C(=O)O. The number of carboxylic acid groups (broad SMARTS) is 1. The second kappa shape index (κ2) is 4.88. The van der Waals surface area contributed by atoms with Crippen LogP contribution in [0.25, 0.3) is 0 Å². The molecule has 20 heavy (non-hydrogen) atoms. The molecule has 1 aromatic rings. The van der Waals surface area contributed by atoms with E-state index in [4.69, 9.17) is 10.5 Å². The molecule has 4 N–H and O–H groups in total. The lowest BCUT2D eigenvalue weighted by atomic mass is 9.97. The van der Waals surface area contributed by atoms with Crippen molar-refractivity contribution in [1.29, 1.82) is 0 Å². The van der Waals surface area contributed by atoms with Crippen LogP contribution in [0.3, 0.4) is 0 Å². The van der Waals surface area contributed by atoms with Crippen LogP contribution in [0.4, 0.5) is 0 Å². The van der Waals surface area contributed by atoms with Gasteiger partial charge in [-0.15, -0.1) is 0 Å². The zero-order chi connectivity index (χ0) is 14.3. The lowest BCUT2D eigenvalue weighted by Crippen LogP contribution is -2.53. The van der Waals surface area contributed by atoms with Gasteiger partial charge in [0.15, 0.2) is 0 Å². The Labute approximate surface area is 114 Å². The van der Waals surface area contributed by atoms with Crippen molar-refractivity contribution < 1.29 is 19.4 Å². The molecule has 1 aromatic heterocycles. The summed E-state index contributed by atoms with van der Waals surface area (Å²) in [5.41, 5.74) is 7.33. The molecule has 8 heteroatoms. The highest BCUT2D eigenvalue weighted by Crippen LogP contribution is 2.25. The number of hydrogen-bond donors (Lipinski definition) is 3. The number of ether oxygens (including phenoxy) is 1. The second-order valence-electron chi connectivity index (χ2n) is 5.16. The number of imidazole rings is 1. The van der Waals surface area contributed by atoms with Gasteiger partial charge in [-0.25, -0.2) is 9.78 Å². The van der Waals surface area contributed by atoms with E-state index in [0.29, 0.717) is 12.3 Å². The first kappa shape index (κ1) is 13.1. The number of nitrogens with zero attached hydrogens (tertiary/aromatic N) is 2. The van der Waals surface area contributed by atoms with Gasteiger partial charge in [-0.05, 0) is 0 Å². The minimum atomic E-state index is -1.03. The molecule has 3 atom stereocenters. The Balaban J connectivity index is 1.86. The fourth-order valence-corrected chi connectivity index (χ4v) is 2.73. The van der Waals surface area contributed by atoms with E-state index in [0.717, 1.165) is 5.69 Å². The number of H-pyrrole nitrogens is 1. The molecule has 0 aliphatic carbocycles. The number of carboxylic acids is 1. The monoisotopic (exact) mass is 280 g/mol. The molecule has 3 rings (SSSR count). The van der Waals surface area contributed by atoms with Gasteiger partial charge in [-0.1, -0.05) is 0 Å². The van der Waals surface area contributed by atoms with Crippen LogP contribution >= 0.6 is 0 Å². The average molecular weight is 280 g/mol. The maximum absolute atomic E-state index is 12.5. The summed E-state index contributed by atoms with van der Waals surface area (Å²) >= 11 is 0. The lowest BCUT2D eigenvalue weighted by molar-refractivity contribution is -0.153. The molecular weight excluding hydrogens is 264 g/mol. The number of rotatable bonds is 2. The van der Waals surface area contributed by atoms with E-state index in [1.807, 2.05) is 0 Å². The molecule has 0 saturated carbocycles. The third-order valence-electron chi connectivity index (χ3n) is 3.91. The largest absolute Gasteiger partial charge is 0.480 e. The van der Waals surface area contributed by atoms with Gasteiger partial charge in [0.25, 0.3) is 0 Å². The van der Waals surface area contributed by atoms with Crippen LogP contribution in [0.15, 0.2) is 6.33 Å². The van der Waals surface area contributed by atoms with Crippen LogP contribution < -0.4 is 5.73 Å². The molecule has 108 valence electrons. The van der Waals surface area contributed by atoms with Crippen molar-refractivity contribution in [2.24, 2.45) is 11.7 Å². The van der Waals surface area contributed by atoms with Crippen molar-refractivity contribution in [3.63, 3.8) is 0 Å². The first-order valence-corrected chi connectivity index (χ1v) is 6.45. The van der Waals surface area contributed by atoms with E-state index < -0.39 is 17.9 Å². The number of carbonyl (C=O) groups is 2.